The van der Waals surface area contributed by atoms with Crippen LogP contribution in [0.2, 0.25) is 0 Å². The van der Waals surface area contributed by atoms with Gasteiger partial charge in [0.25, 0.3) is 11.8 Å². The fourth-order valence-corrected chi connectivity index (χ4v) is 4.81. The van der Waals surface area contributed by atoms with Crippen molar-refractivity contribution < 1.29 is 9.59 Å². The molecule has 1 aliphatic heterocycles. The molecule has 9 heteroatoms. The molecule has 1 atom stereocenters. The van der Waals surface area contributed by atoms with Crippen molar-refractivity contribution in [2.75, 3.05) is 20.6 Å². The summed E-state index contributed by atoms with van der Waals surface area (Å²) >= 11 is 0. The van der Waals surface area contributed by atoms with Crippen molar-refractivity contribution >= 4 is 11.8 Å². The predicted octanol–water partition coefficient (Wildman–Crippen LogP) is 0.940. The van der Waals surface area contributed by atoms with Crippen LogP contribution < -0.4 is 27.3 Å². The summed E-state index contributed by atoms with van der Waals surface area (Å²) in [4.78, 5) is 24.5. The van der Waals surface area contributed by atoms with Gasteiger partial charge in [0, 0.05) is 25.2 Å². The summed E-state index contributed by atoms with van der Waals surface area (Å²) in [6, 6.07) is 11.6. The zero-order valence-corrected chi connectivity index (χ0v) is 17.7. The summed E-state index contributed by atoms with van der Waals surface area (Å²) < 4.78 is 0. The van der Waals surface area contributed by atoms with Crippen molar-refractivity contribution in [1.29, 1.82) is 0 Å². The molecular formula is C22H27N7O2. The van der Waals surface area contributed by atoms with Crippen LogP contribution >= 0.6 is 0 Å². The molecule has 0 saturated carbocycles. The maximum Gasteiger partial charge on any atom is 0.251 e. The smallest absolute Gasteiger partial charge is 0.251 e. The first-order valence-electron chi connectivity index (χ1n) is 10.4. The van der Waals surface area contributed by atoms with E-state index in [1.165, 1.54) is 0 Å². The van der Waals surface area contributed by atoms with Crippen LogP contribution in [-0.4, -0.2) is 38.6 Å². The molecule has 1 heterocycles. The molecule has 2 aliphatic rings. The van der Waals surface area contributed by atoms with Crippen molar-refractivity contribution in [3.8, 4) is 0 Å². The van der Waals surface area contributed by atoms with Crippen LogP contribution in [0.3, 0.4) is 0 Å². The third-order valence-corrected chi connectivity index (χ3v) is 6.24. The van der Waals surface area contributed by atoms with Crippen LogP contribution in [0.5, 0.6) is 0 Å². The molecule has 1 unspecified atom stereocenters. The second kappa shape index (κ2) is 8.44. The standard InChI is InChI=1S/C22H27N7O2/c1-24-19(30)15-5-7-17-13(11-15)3-4-14-12-16(20(31)25-2)6-8-18(14)22(17,9-10-23)21-26-28-29-27-21/h5-8,11-12,21H,3-4,9-10,23H2,1-2H3,(H,24,30)(H,25,31)(H,26,29)(H,27,28). The van der Waals surface area contributed by atoms with E-state index in [0.717, 1.165) is 35.1 Å². The number of aryl methyl sites for hydroxylation is 2. The molecule has 4 rings (SSSR count). The highest BCUT2D eigenvalue weighted by Crippen LogP contribution is 2.46. The molecule has 0 saturated heterocycles. The van der Waals surface area contributed by atoms with Gasteiger partial charge in [-0.2, -0.15) is 5.43 Å². The number of carbonyl (C=O) groups is 2. The monoisotopic (exact) mass is 421 g/mol. The van der Waals surface area contributed by atoms with E-state index in [2.05, 4.69) is 31.9 Å². The molecule has 162 valence electrons. The Morgan fingerprint density at radius 2 is 1.58 bits per heavy atom. The maximum atomic E-state index is 12.3. The normalized spacial score (nSPS) is 18.4. The minimum atomic E-state index is -0.606. The third-order valence-electron chi connectivity index (χ3n) is 6.24. The van der Waals surface area contributed by atoms with Crippen LogP contribution in [0, 0.1) is 0 Å². The average molecular weight is 422 g/mol. The van der Waals surface area contributed by atoms with Gasteiger partial charge in [0.1, 0.15) is 0 Å². The number of fused-ring (bicyclic) bond motifs is 2. The van der Waals surface area contributed by atoms with Gasteiger partial charge in [-0.25, -0.2) is 5.53 Å². The minimum absolute atomic E-state index is 0.128. The minimum Gasteiger partial charge on any atom is -0.355 e. The summed E-state index contributed by atoms with van der Waals surface area (Å²) in [5, 5.41) is 13.8. The Bertz CT molecular complexity index is 983. The largest absolute Gasteiger partial charge is 0.355 e. The molecule has 0 spiro atoms. The molecule has 31 heavy (non-hydrogen) atoms. The third kappa shape index (κ3) is 3.45. The fourth-order valence-electron chi connectivity index (χ4n) is 4.81. The van der Waals surface area contributed by atoms with Gasteiger partial charge in [-0.05, 0) is 72.3 Å². The molecule has 6 N–H and O–H groups in total. The van der Waals surface area contributed by atoms with Gasteiger partial charge in [-0.3, -0.25) is 9.59 Å². The Morgan fingerprint density at radius 1 is 1.03 bits per heavy atom. The maximum absolute atomic E-state index is 12.3. The van der Waals surface area contributed by atoms with E-state index in [-0.39, 0.29) is 18.0 Å². The van der Waals surface area contributed by atoms with Crippen LogP contribution in [0.4, 0.5) is 0 Å². The molecule has 0 bridgehead atoms. The first kappa shape index (κ1) is 21.0. The molecule has 2 aromatic carbocycles. The molecule has 0 aromatic heterocycles. The van der Waals surface area contributed by atoms with Crippen LogP contribution in [0.1, 0.15) is 49.4 Å². The predicted molar refractivity (Wildman–Crippen MR) is 116 cm³/mol. The van der Waals surface area contributed by atoms with Crippen molar-refractivity contribution in [2.24, 2.45) is 16.1 Å². The SMILES string of the molecule is CNC(=O)c1ccc2c(c1)CCc1cc(C(=O)NC)ccc1C2(CCN)C1N=NNN1. The number of hydrogen-bond acceptors (Lipinski definition) is 7. The Hall–Kier alpha value is -3.30. The molecule has 1 aliphatic carbocycles. The van der Waals surface area contributed by atoms with E-state index < -0.39 is 5.41 Å². The van der Waals surface area contributed by atoms with Crippen LogP contribution in [0.25, 0.3) is 0 Å². The van der Waals surface area contributed by atoms with Gasteiger partial charge >= 0.3 is 0 Å². The van der Waals surface area contributed by atoms with Gasteiger partial charge in [-0.15, -0.1) is 5.11 Å². The summed E-state index contributed by atoms with van der Waals surface area (Å²) in [6.07, 6.45) is 1.69. The van der Waals surface area contributed by atoms with E-state index in [0.29, 0.717) is 24.1 Å². The summed E-state index contributed by atoms with van der Waals surface area (Å²) in [5.41, 5.74) is 16.9. The average Bonchev–Trinajstić information content (AvgIpc) is 3.31. The summed E-state index contributed by atoms with van der Waals surface area (Å²) in [5.74, 6) is -0.257. The van der Waals surface area contributed by atoms with E-state index >= 15 is 0 Å². The van der Waals surface area contributed by atoms with E-state index in [9.17, 15) is 9.59 Å². The second-order valence-corrected chi connectivity index (χ2v) is 7.79. The number of rotatable bonds is 5. The number of benzene rings is 2. The van der Waals surface area contributed by atoms with E-state index in [1.807, 2.05) is 36.4 Å². The second-order valence-electron chi connectivity index (χ2n) is 7.79. The highest BCUT2D eigenvalue weighted by Gasteiger charge is 2.47. The summed E-state index contributed by atoms with van der Waals surface area (Å²) in [6.45, 7) is 0.432. The summed E-state index contributed by atoms with van der Waals surface area (Å²) in [7, 11) is 3.24. The number of nitrogens with one attached hydrogen (secondary N) is 4. The van der Waals surface area contributed by atoms with E-state index in [4.69, 9.17) is 5.73 Å². The topological polar surface area (TPSA) is 133 Å². The molecule has 2 aromatic rings. The van der Waals surface area contributed by atoms with Gasteiger partial charge in [0.05, 0.1) is 5.41 Å². The number of nitrogens with zero attached hydrogens (tertiary/aromatic N) is 2. The lowest BCUT2D eigenvalue weighted by Crippen LogP contribution is -2.50. The molecule has 9 nitrogen and oxygen atoms in total. The highest BCUT2D eigenvalue weighted by molar-refractivity contribution is 5.95. The number of carbonyl (C=O) groups excluding carboxylic acids is 2. The van der Waals surface area contributed by atoms with Crippen molar-refractivity contribution in [2.45, 2.75) is 30.8 Å². The lowest BCUT2D eigenvalue weighted by Gasteiger charge is -2.39. The Morgan fingerprint density at radius 3 is 2.00 bits per heavy atom. The zero-order chi connectivity index (χ0) is 22.0. The van der Waals surface area contributed by atoms with Gasteiger partial charge in [-0.1, -0.05) is 17.4 Å². The quantitative estimate of drug-likeness (QED) is 0.490. The molecule has 0 radical (unpaired) electrons. The highest BCUT2D eigenvalue weighted by atomic mass is 16.2. The molecular weight excluding hydrogens is 394 g/mol. The van der Waals surface area contributed by atoms with Gasteiger partial charge in [0.15, 0.2) is 6.17 Å². The molecule has 2 amide bonds. The first-order chi connectivity index (χ1) is 15.0. The van der Waals surface area contributed by atoms with Gasteiger partial charge in [0.2, 0.25) is 0 Å². The lowest BCUT2D eigenvalue weighted by molar-refractivity contribution is 0.0955. The Labute approximate surface area is 180 Å². The molecule has 0 fully saturated rings. The van der Waals surface area contributed by atoms with Crippen molar-refractivity contribution in [3.05, 3.63) is 69.8 Å². The Kier molecular flexibility index (Phi) is 5.71. The number of nitrogens with two attached hydrogens (primary N) is 1. The Balaban J connectivity index is 1.96. The van der Waals surface area contributed by atoms with E-state index in [1.54, 1.807) is 14.1 Å². The number of hydrogen-bond donors (Lipinski definition) is 5. The fraction of sp³-hybridized carbons (Fsp3) is 0.364. The van der Waals surface area contributed by atoms with Gasteiger partial charge < -0.3 is 16.4 Å². The van der Waals surface area contributed by atoms with Crippen molar-refractivity contribution in [3.63, 3.8) is 0 Å². The first-order valence-corrected chi connectivity index (χ1v) is 10.4. The van der Waals surface area contributed by atoms with Crippen molar-refractivity contribution in [1.82, 2.24) is 21.6 Å². The zero-order valence-electron chi connectivity index (χ0n) is 17.7. The lowest BCUT2D eigenvalue weighted by atomic mass is 9.67. The van der Waals surface area contributed by atoms with Crippen LogP contribution in [-0.2, 0) is 18.3 Å². The number of hydrazine groups is 1. The van der Waals surface area contributed by atoms with Crippen LogP contribution in [0.15, 0.2) is 46.7 Å². The number of amides is 2.